The Morgan fingerprint density at radius 1 is 0.970 bits per heavy atom. The van der Waals surface area contributed by atoms with Crippen LogP contribution < -0.4 is 0 Å². The molecule has 0 aliphatic heterocycles. The SMILES string of the molecule is Cc1ccc(-n2c(O)c(N=Nc3cccc(-c4cccc(C(=O)O)c4)c3O)sc2=S)cc1C. The van der Waals surface area contributed by atoms with Gasteiger partial charge in [-0.2, -0.15) is 0 Å². The number of hydrogen-bond donors (Lipinski definition) is 3. The van der Waals surface area contributed by atoms with Crippen molar-refractivity contribution in [3.05, 3.63) is 81.3 Å². The molecule has 0 atom stereocenters. The van der Waals surface area contributed by atoms with Gasteiger partial charge in [0.15, 0.2) is 9.70 Å². The molecular weight excluding hydrogens is 458 g/mol. The highest BCUT2D eigenvalue weighted by molar-refractivity contribution is 7.73. The average Bonchev–Trinajstić information content (AvgIpc) is 3.08. The van der Waals surface area contributed by atoms with Gasteiger partial charge in [0.25, 0.3) is 0 Å². The Labute approximate surface area is 198 Å². The van der Waals surface area contributed by atoms with E-state index in [0.29, 0.717) is 15.1 Å². The van der Waals surface area contributed by atoms with Crippen LogP contribution in [0.1, 0.15) is 21.5 Å². The van der Waals surface area contributed by atoms with Gasteiger partial charge in [-0.05, 0) is 73.1 Å². The molecule has 0 unspecified atom stereocenters. The van der Waals surface area contributed by atoms with E-state index >= 15 is 0 Å². The number of azo groups is 1. The van der Waals surface area contributed by atoms with Gasteiger partial charge in [0, 0.05) is 5.56 Å². The van der Waals surface area contributed by atoms with Crippen LogP contribution in [0.2, 0.25) is 0 Å². The number of phenols is 1. The number of aromatic nitrogens is 1. The van der Waals surface area contributed by atoms with E-state index in [1.54, 1.807) is 30.3 Å². The molecule has 0 fully saturated rings. The number of carboxylic acids is 1. The predicted octanol–water partition coefficient (Wildman–Crippen LogP) is 7.08. The third kappa shape index (κ3) is 4.41. The summed E-state index contributed by atoms with van der Waals surface area (Å²) in [5.41, 5.74) is 4.14. The lowest BCUT2D eigenvalue weighted by Crippen LogP contribution is -1.95. The number of hydrogen-bond acceptors (Lipinski definition) is 7. The number of rotatable bonds is 5. The second-order valence-corrected chi connectivity index (χ2v) is 8.98. The van der Waals surface area contributed by atoms with Crippen molar-refractivity contribution in [1.82, 2.24) is 4.57 Å². The van der Waals surface area contributed by atoms with Gasteiger partial charge in [-0.3, -0.25) is 4.57 Å². The Balaban J connectivity index is 1.70. The molecule has 9 heteroatoms. The monoisotopic (exact) mass is 477 g/mol. The number of para-hydroxylation sites is 1. The smallest absolute Gasteiger partial charge is 0.335 e. The number of thiazole rings is 1. The van der Waals surface area contributed by atoms with Crippen LogP contribution in [0.3, 0.4) is 0 Å². The quantitative estimate of drug-likeness (QED) is 0.210. The maximum Gasteiger partial charge on any atom is 0.335 e. The molecule has 3 aromatic carbocycles. The van der Waals surface area contributed by atoms with Crippen LogP contribution in [-0.2, 0) is 0 Å². The number of aromatic carboxylic acids is 1. The predicted molar refractivity (Wildman–Crippen MR) is 130 cm³/mol. The Morgan fingerprint density at radius 2 is 1.73 bits per heavy atom. The van der Waals surface area contributed by atoms with E-state index in [9.17, 15) is 20.1 Å². The maximum atomic E-state index is 11.3. The van der Waals surface area contributed by atoms with Gasteiger partial charge in [0.1, 0.15) is 5.69 Å². The molecule has 0 saturated carbocycles. The van der Waals surface area contributed by atoms with Crippen LogP contribution in [-0.4, -0.2) is 25.9 Å². The molecule has 0 aliphatic rings. The zero-order valence-corrected chi connectivity index (χ0v) is 19.3. The zero-order chi connectivity index (χ0) is 23.7. The summed E-state index contributed by atoms with van der Waals surface area (Å²) in [4.78, 5) is 11.3. The van der Waals surface area contributed by atoms with Crippen LogP contribution in [0.5, 0.6) is 11.6 Å². The Morgan fingerprint density at radius 3 is 2.45 bits per heavy atom. The zero-order valence-electron chi connectivity index (χ0n) is 17.7. The lowest BCUT2D eigenvalue weighted by molar-refractivity contribution is 0.0697. The van der Waals surface area contributed by atoms with Crippen LogP contribution >= 0.6 is 23.6 Å². The summed E-state index contributed by atoms with van der Waals surface area (Å²) in [6.07, 6.45) is 0. The molecule has 1 heterocycles. The first-order valence-electron chi connectivity index (χ1n) is 9.86. The molecule has 0 saturated heterocycles. The van der Waals surface area contributed by atoms with Gasteiger partial charge >= 0.3 is 5.97 Å². The van der Waals surface area contributed by atoms with Crippen molar-refractivity contribution in [2.24, 2.45) is 10.2 Å². The van der Waals surface area contributed by atoms with Crippen molar-refractivity contribution < 1.29 is 20.1 Å². The summed E-state index contributed by atoms with van der Waals surface area (Å²) in [6, 6.07) is 16.9. The third-order valence-corrected chi connectivity index (χ3v) is 6.45. The Kier molecular flexibility index (Phi) is 6.08. The molecule has 7 nitrogen and oxygen atoms in total. The first kappa shape index (κ1) is 22.4. The molecule has 33 heavy (non-hydrogen) atoms. The summed E-state index contributed by atoms with van der Waals surface area (Å²) < 4.78 is 1.93. The number of phenolic OH excluding ortho intramolecular Hbond substituents is 1. The van der Waals surface area contributed by atoms with Gasteiger partial charge in [-0.25, -0.2) is 4.79 Å². The molecule has 4 rings (SSSR count). The van der Waals surface area contributed by atoms with Crippen molar-refractivity contribution in [3.63, 3.8) is 0 Å². The first-order valence-corrected chi connectivity index (χ1v) is 11.1. The fourth-order valence-electron chi connectivity index (χ4n) is 3.28. The van der Waals surface area contributed by atoms with Crippen molar-refractivity contribution >= 4 is 40.2 Å². The molecule has 0 bridgehead atoms. The topological polar surface area (TPSA) is 107 Å². The molecule has 3 N–H and O–H groups in total. The van der Waals surface area contributed by atoms with Gasteiger partial charge in [-0.15, -0.1) is 10.2 Å². The Hall–Kier alpha value is -3.82. The number of aryl methyl sites for hydroxylation is 2. The van der Waals surface area contributed by atoms with E-state index in [1.807, 2.05) is 32.0 Å². The second-order valence-electron chi connectivity index (χ2n) is 7.36. The number of nitrogens with zero attached hydrogens (tertiary/aromatic N) is 3. The molecule has 0 amide bonds. The summed E-state index contributed by atoms with van der Waals surface area (Å²) >= 11 is 6.51. The van der Waals surface area contributed by atoms with Gasteiger partial charge in [-0.1, -0.05) is 41.7 Å². The largest absolute Gasteiger partial charge is 0.505 e. The number of benzene rings is 3. The minimum Gasteiger partial charge on any atom is -0.505 e. The minimum absolute atomic E-state index is 0.108. The number of carbonyl (C=O) groups is 1. The van der Waals surface area contributed by atoms with Crippen LogP contribution in [0.4, 0.5) is 10.7 Å². The maximum absolute atomic E-state index is 11.3. The molecule has 1 aromatic heterocycles. The van der Waals surface area contributed by atoms with Crippen LogP contribution in [0.15, 0.2) is 70.9 Å². The molecule has 0 radical (unpaired) electrons. The fourth-order valence-corrected chi connectivity index (χ4v) is 4.42. The molecule has 4 aromatic rings. The van der Waals surface area contributed by atoms with E-state index in [4.69, 9.17) is 12.2 Å². The standard InChI is InChI=1S/C24H19N3O4S2/c1-13-9-10-17(11-14(13)2)27-22(29)21(33-24(27)32)26-25-19-8-4-7-18(20(19)28)15-5-3-6-16(12-15)23(30)31/h3-12,28-29H,1-2H3,(H,30,31). The van der Waals surface area contributed by atoms with Crippen LogP contribution in [0.25, 0.3) is 16.8 Å². The highest BCUT2D eigenvalue weighted by atomic mass is 32.1. The second kappa shape index (κ2) is 8.97. The minimum atomic E-state index is -1.06. The highest BCUT2D eigenvalue weighted by Gasteiger charge is 2.15. The Bertz CT molecular complexity index is 1470. The normalized spacial score (nSPS) is 11.2. The highest BCUT2D eigenvalue weighted by Crippen LogP contribution is 2.41. The van der Waals surface area contributed by atoms with Crippen molar-refractivity contribution in [2.75, 3.05) is 0 Å². The van der Waals surface area contributed by atoms with E-state index < -0.39 is 5.97 Å². The number of aromatic hydroxyl groups is 2. The summed E-state index contributed by atoms with van der Waals surface area (Å²) in [7, 11) is 0. The van der Waals surface area contributed by atoms with Crippen molar-refractivity contribution in [2.45, 2.75) is 13.8 Å². The lowest BCUT2D eigenvalue weighted by Gasteiger charge is -2.08. The summed E-state index contributed by atoms with van der Waals surface area (Å²) in [5, 5.41) is 39.1. The lowest BCUT2D eigenvalue weighted by atomic mass is 10.0. The van der Waals surface area contributed by atoms with E-state index in [1.165, 1.54) is 16.7 Å². The summed E-state index contributed by atoms with van der Waals surface area (Å²) in [5.74, 6) is -1.35. The number of carboxylic acid groups (broad SMARTS) is 1. The molecule has 0 spiro atoms. The average molecular weight is 478 g/mol. The van der Waals surface area contributed by atoms with Gasteiger partial charge < -0.3 is 15.3 Å². The molecule has 166 valence electrons. The van der Waals surface area contributed by atoms with Crippen molar-refractivity contribution in [1.29, 1.82) is 0 Å². The third-order valence-electron chi connectivity index (χ3n) is 5.20. The van der Waals surface area contributed by atoms with E-state index in [-0.39, 0.29) is 27.9 Å². The van der Waals surface area contributed by atoms with Gasteiger partial charge in [0.2, 0.25) is 10.9 Å². The van der Waals surface area contributed by atoms with Gasteiger partial charge in [0.05, 0.1) is 11.3 Å². The fraction of sp³-hybridized carbons (Fsp3) is 0.0833. The van der Waals surface area contributed by atoms with Crippen LogP contribution in [0, 0.1) is 17.8 Å². The summed E-state index contributed by atoms with van der Waals surface area (Å²) in [6.45, 7) is 3.98. The van der Waals surface area contributed by atoms with Crippen molar-refractivity contribution in [3.8, 4) is 28.4 Å². The molecule has 0 aliphatic carbocycles. The molecular formula is C24H19N3O4S2. The van der Waals surface area contributed by atoms with E-state index in [2.05, 4.69) is 10.2 Å². The van der Waals surface area contributed by atoms with E-state index in [0.717, 1.165) is 28.2 Å². The first-order chi connectivity index (χ1) is 15.8.